The first-order valence-electron chi connectivity index (χ1n) is 8.04. The Hall–Kier alpha value is -1.91. The average Bonchev–Trinajstić information content (AvgIpc) is 3.36. The van der Waals surface area contributed by atoms with Crippen LogP contribution in [0.3, 0.4) is 0 Å². The molecule has 3 nitrogen and oxygen atoms in total. The van der Waals surface area contributed by atoms with Crippen LogP contribution in [0.15, 0.2) is 48.5 Å². The molecule has 0 saturated heterocycles. The van der Waals surface area contributed by atoms with Crippen LogP contribution >= 0.6 is 11.6 Å². The van der Waals surface area contributed by atoms with Crippen molar-refractivity contribution < 1.29 is 9.18 Å². The molecule has 24 heavy (non-hydrogen) atoms. The predicted molar refractivity (Wildman–Crippen MR) is 93.2 cm³/mol. The van der Waals surface area contributed by atoms with Crippen molar-refractivity contribution in [3.63, 3.8) is 0 Å². The van der Waals surface area contributed by atoms with E-state index in [1.165, 1.54) is 6.07 Å². The first-order valence-corrected chi connectivity index (χ1v) is 8.42. The highest BCUT2D eigenvalue weighted by molar-refractivity contribution is 6.31. The minimum Gasteiger partial charge on any atom is -0.352 e. The molecular weight excluding hydrogens is 327 g/mol. The van der Waals surface area contributed by atoms with E-state index in [2.05, 4.69) is 5.32 Å². The first-order chi connectivity index (χ1) is 11.6. The maximum Gasteiger partial charge on any atom is 0.242 e. The fourth-order valence-corrected chi connectivity index (χ4v) is 3.00. The molecule has 5 heteroatoms. The Bertz CT molecular complexity index is 698. The quantitative estimate of drug-likeness (QED) is 0.859. The second-order valence-corrected chi connectivity index (χ2v) is 6.62. The largest absolute Gasteiger partial charge is 0.352 e. The lowest BCUT2D eigenvalue weighted by molar-refractivity contribution is -0.126. The van der Waals surface area contributed by atoms with Crippen LogP contribution < -0.4 is 5.32 Å². The minimum absolute atomic E-state index is 0.0568. The zero-order chi connectivity index (χ0) is 17.1. The fraction of sp³-hybridized carbons (Fsp3) is 0.316. The van der Waals surface area contributed by atoms with Gasteiger partial charge in [0.05, 0.1) is 0 Å². The van der Waals surface area contributed by atoms with E-state index in [1.807, 2.05) is 42.3 Å². The van der Waals surface area contributed by atoms with Crippen LogP contribution in [0.2, 0.25) is 5.02 Å². The lowest BCUT2D eigenvalue weighted by Gasteiger charge is -2.28. The summed E-state index contributed by atoms with van der Waals surface area (Å²) in [7, 11) is 1.81. The minimum atomic E-state index is -0.484. The van der Waals surface area contributed by atoms with Crippen molar-refractivity contribution in [3.05, 3.63) is 70.5 Å². The maximum absolute atomic E-state index is 14.1. The molecule has 2 aromatic carbocycles. The number of likely N-dealkylation sites (N-methyl/N-ethyl adjacent to an activating group) is 1. The second kappa shape index (κ2) is 7.32. The molecule has 0 aliphatic heterocycles. The molecular formula is C19H20ClFN2O. The number of rotatable bonds is 6. The Morgan fingerprint density at radius 2 is 1.96 bits per heavy atom. The number of nitrogens with one attached hydrogen (secondary N) is 1. The lowest BCUT2D eigenvalue weighted by Crippen LogP contribution is -2.39. The van der Waals surface area contributed by atoms with Crippen LogP contribution in [-0.4, -0.2) is 23.9 Å². The number of nitrogens with zero attached hydrogens (tertiary/aromatic N) is 1. The summed E-state index contributed by atoms with van der Waals surface area (Å²) in [5, 5.41) is 3.41. The van der Waals surface area contributed by atoms with Gasteiger partial charge in [-0.05, 0) is 37.6 Å². The zero-order valence-electron chi connectivity index (χ0n) is 13.5. The molecule has 1 unspecified atom stereocenters. The van der Waals surface area contributed by atoms with E-state index < -0.39 is 6.04 Å². The molecule has 0 aromatic heterocycles. The number of halogens is 2. The lowest BCUT2D eigenvalue weighted by atomic mass is 10.0. The van der Waals surface area contributed by atoms with Gasteiger partial charge in [0.15, 0.2) is 0 Å². The van der Waals surface area contributed by atoms with Crippen LogP contribution in [0.4, 0.5) is 4.39 Å². The average molecular weight is 347 g/mol. The Labute approximate surface area is 146 Å². The van der Waals surface area contributed by atoms with Gasteiger partial charge in [0.2, 0.25) is 5.91 Å². The standard InChI is InChI=1S/C19H20ClFN2O/c1-23(12-15-16(20)8-5-9-17(15)21)18(13-6-3-2-4-7-13)19(24)22-14-10-11-14/h2-9,14,18H,10-12H2,1H3,(H,22,24). The van der Waals surface area contributed by atoms with Gasteiger partial charge in [-0.25, -0.2) is 4.39 Å². The third-order valence-corrected chi connectivity index (χ3v) is 4.55. The smallest absolute Gasteiger partial charge is 0.242 e. The van der Waals surface area contributed by atoms with E-state index >= 15 is 0 Å². The summed E-state index contributed by atoms with van der Waals surface area (Å²) >= 11 is 6.13. The zero-order valence-corrected chi connectivity index (χ0v) is 14.3. The normalized spacial score (nSPS) is 15.3. The highest BCUT2D eigenvalue weighted by atomic mass is 35.5. The molecule has 1 aliphatic carbocycles. The van der Waals surface area contributed by atoms with Crippen molar-refractivity contribution >= 4 is 17.5 Å². The van der Waals surface area contributed by atoms with Gasteiger partial charge in [0, 0.05) is 23.2 Å². The first kappa shape index (κ1) is 16.9. The number of carbonyl (C=O) groups is 1. The predicted octanol–water partition coefficient (Wildman–Crippen LogP) is 3.93. The summed E-state index contributed by atoms with van der Waals surface area (Å²) in [6.45, 7) is 0.253. The van der Waals surface area contributed by atoms with E-state index in [0.29, 0.717) is 10.6 Å². The third-order valence-electron chi connectivity index (χ3n) is 4.20. The summed E-state index contributed by atoms with van der Waals surface area (Å²) < 4.78 is 14.1. The van der Waals surface area contributed by atoms with E-state index in [0.717, 1.165) is 18.4 Å². The van der Waals surface area contributed by atoms with E-state index in [-0.39, 0.29) is 24.3 Å². The van der Waals surface area contributed by atoms with Crippen LogP contribution in [0, 0.1) is 5.82 Å². The molecule has 1 fully saturated rings. The molecule has 0 heterocycles. The number of benzene rings is 2. The van der Waals surface area contributed by atoms with Gasteiger partial charge in [-0.3, -0.25) is 9.69 Å². The Balaban J connectivity index is 1.85. The van der Waals surface area contributed by atoms with Crippen molar-refractivity contribution in [2.75, 3.05) is 7.05 Å². The molecule has 0 bridgehead atoms. The highest BCUT2D eigenvalue weighted by Crippen LogP contribution is 2.27. The molecule has 0 spiro atoms. The van der Waals surface area contributed by atoms with Crippen LogP contribution in [0.5, 0.6) is 0 Å². The van der Waals surface area contributed by atoms with Crippen LogP contribution in [0.1, 0.15) is 30.0 Å². The van der Waals surface area contributed by atoms with Crippen molar-refractivity contribution in [2.24, 2.45) is 0 Å². The highest BCUT2D eigenvalue weighted by Gasteiger charge is 2.31. The third kappa shape index (κ3) is 3.94. The molecule has 2 aromatic rings. The molecule has 3 rings (SSSR count). The summed E-state index contributed by atoms with van der Waals surface area (Å²) in [5.74, 6) is -0.414. The van der Waals surface area contributed by atoms with Gasteiger partial charge < -0.3 is 5.32 Å². The Kier molecular flexibility index (Phi) is 5.17. The molecule has 1 N–H and O–H groups in total. The van der Waals surface area contributed by atoms with Gasteiger partial charge in [0.1, 0.15) is 11.9 Å². The number of amides is 1. The maximum atomic E-state index is 14.1. The molecule has 1 aliphatic rings. The topological polar surface area (TPSA) is 32.3 Å². The molecule has 1 atom stereocenters. The summed E-state index contributed by atoms with van der Waals surface area (Å²) in [4.78, 5) is 14.5. The van der Waals surface area contributed by atoms with Crippen LogP contribution in [0.25, 0.3) is 0 Å². The summed E-state index contributed by atoms with van der Waals surface area (Å²) in [5.41, 5.74) is 1.28. The van der Waals surface area contributed by atoms with Crippen molar-refractivity contribution in [1.29, 1.82) is 0 Å². The number of hydrogen-bond donors (Lipinski definition) is 1. The van der Waals surface area contributed by atoms with E-state index in [9.17, 15) is 9.18 Å². The van der Waals surface area contributed by atoms with Crippen molar-refractivity contribution in [3.8, 4) is 0 Å². The Morgan fingerprint density at radius 3 is 2.58 bits per heavy atom. The van der Waals surface area contributed by atoms with Crippen molar-refractivity contribution in [2.45, 2.75) is 31.5 Å². The fourth-order valence-electron chi connectivity index (χ4n) is 2.77. The SMILES string of the molecule is CN(Cc1c(F)cccc1Cl)C(C(=O)NC1CC1)c1ccccc1. The van der Waals surface area contributed by atoms with Gasteiger partial charge in [0.25, 0.3) is 0 Å². The number of hydrogen-bond acceptors (Lipinski definition) is 2. The van der Waals surface area contributed by atoms with Gasteiger partial charge >= 0.3 is 0 Å². The monoisotopic (exact) mass is 346 g/mol. The van der Waals surface area contributed by atoms with Crippen molar-refractivity contribution in [1.82, 2.24) is 10.2 Å². The van der Waals surface area contributed by atoms with E-state index in [4.69, 9.17) is 11.6 Å². The summed E-state index contributed by atoms with van der Waals surface area (Å²) in [6, 6.07) is 14.0. The second-order valence-electron chi connectivity index (χ2n) is 6.21. The molecule has 126 valence electrons. The number of carbonyl (C=O) groups excluding carboxylic acids is 1. The molecule has 0 radical (unpaired) electrons. The van der Waals surface area contributed by atoms with E-state index in [1.54, 1.807) is 12.1 Å². The van der Waals surface area contributed by atoms with Gasteiger partial charge in [-0.2, -0.15) is 0 Å². The van der Waals surface area contributed by atoms with Crippen LogP contribution in [-0.2, 0) is 11.3 Å². The molecule has 1 saturated carbocycles. The summed E-state index contributed by atoms with van der Waals surface area (Å²) in [6.07, 6.45) is 2.05. The Morgan fingerprint density at radius 1 is 1.25 bits per heavy atom. The van der Waals surface area contributed by atoms with Gasteiger partial charge in [-0.15, -0.1) is 0 Å². The molecule has 1 amide bonds. The van der Waals surface area contributed by atoms with Gasteiger partial charge in [-0.1, -0.05) is 48.0 Å².